The van der Waals surface area contributed by atoms with Crippen molar-refractivity contribution < 1.29 is 4.74 Å². The highest BCUT2D eigenvalue weighted by Crippen LogP contribution is 2.61. The van der Waals surface area contributed by atoms with Gasteiger partial charge in [0.1, 0.15) is 3.23 Å². The molecule has 0 N–H and O–H groups in total. The highest BCUT2D eigenvalue weighted by molar-refractivity contribution is 9.25. The number of hydrogen-bond acceptors (Lipinski definition) is 1. The fraction of sp³-hybridized carbons (Fsp3) is 1.00. The first-order valence-corrected chi connectivity index (χ1v) is 4.81. The molecular formula is C6H8Br2O. The highest BCUT2D eigenvalue weighted by atomic mass is 79.9. The number of halogens is 2. The van der Waals surface area contributed by atoms with Gasteiger partial charge in [-0.1, -0.05) is 31.9 Å². The van der Waals surface area contributed by atoms with E-state index in [1.165, 1.54) is 12.8 Å². The lowest BCUT2D eigenvalue weighted by atomic mass is 10.2. The average molecular weight is 256 g/mol. The molecule has 1 aliphatic carbocycles. The van der Waals surface area contributed by atoms with Crippen molar-refractivity contribution in [2.24, 2.45) is 5.92 Å². The van der Waals surface area contributed by atoms with E-state index >= 15 is 0 Å². The van der Waals surface area contributed by atoms with E-state index in [-0.39, 0.29) is 3.23 Å². The SMILES string of the molecule is BrC1(Br)[C@@H]2CCCO[C@@H]21. The van der Waals surface area contributed by atoms with E-state index in [4.69, 9.17) is 4.74 Å². The molecule has 2 atom stereocenters. The van der Waals surface area contributed by atoms with Crippen molar-refractivity contribution in [1.29, 1.82) is 0 Å². The zero-order chi connectivity index (χ0) is 6.48. The average Bonchev–Trinajstić information content (AvgIpc) is 2.39. The van der Waals surface area contributed by atoms with Gasteiger partial charge in [-0.15, -0.1) is 0 Å². The molecule has 0 amide bonds. The molecule has 2 fully saturated rings. The molecule has 2 rings (SSSR count). The molecular weight excluding hydrogens is 248 g/mol. The first kappa shape index (κ1) is 6.62. The Balaban J connectivity index is 2.06. The van der Waals surface area contributed by atoms with Crippen LogP contribution in [0.25, 0.3) is 0 Å². The highest BCUT2D eigenvalue weighted by Gasteiger charge is 2.63. The summed E-state index contributed by atoms with van der Waals surface area (Å²) in [5, 5.41) is 0. The topological polar surface area (TPSA) is 9.23 Å². The lowest BCUT2D eigenvalue weighted by Crippen LogP contribution is -2.06. The number of hydrogen-bond donors (Lipinski definition) is 0. The molecule has 2 aliphatic rings. The summed E-state index contributed by atoms with van der Waals surface area (Å²) in [5.41, 5.74) is 0. The van der Waals surface area contributed by atoms with Crippen LogP contribution in [0.2, 0.25) is 0 Å². The molecule has 52 valence electrons. The van der Waals surface area contributed by atoms with E-state index in [1.54, 1.807) is 0 Å². The molecule has 0 aromatic rings. The minimum Gasteiger partial charge on any atom is -0.375 e. The van der Waals surface area contributed by atoms with Gasteiger partial charge < -0.3 is 4.74 Å². The van der Waals surface area contributed by atoms with Gasteiger partial charge in [-0.05, 0) is 12.8 Å². The molecule has 0 unspecified atom stereocenters. The standard InChI is InChI=1S/C6H8Br2O/c7-6(8)4-2-1-3-9-5(4)6/h4-5H,1-3H2/t4-,5+/m1/s1. The maximum Gasteiger partial charge on any atom is 0.112 e. The van der Waals surface area contributed by atoms with Crippen LogP contribution >= 0.6 is 31.9 Å². The summed E-state index contributed by atoms with van der Waals surface area (Å²) in [4.78, 5) is 0. The quantitative estimate of drug-likeness (QED) is 0.604. The summed E-state index contributed by atoms with van der Waals surface area (Å²) < 4.78 is 5.62. The smallest absolute Gasteiger partial charge is 0.112 e. The van der Waals surface area contributed by atoms with Crippen molar-refractivity contribution in [3.63, 3.8) is 0 Å². The normalized spacial score (nSPS) is 46.0. The molecule has 0 aromatic heterocycles. The van der Waals surface area contributed by atoms with E-state index in [0.717, 1.165) is 12.5 Å². The summed E-state index contributed by atoms with van der Waals surface area (Å²) in [6.45, 7) is 0.945. The van der Waals surface area contributed by atoms with Crippen LogP contribution in [0.5, 0.6) is 0 Å². The summed E-state index contributed by atoms with van der Waals surface area (Å²) in [5.74, 6) is 0.728. The van der Waals surface area contributed by atoms with Gasteiger partial charge in [-0.2, -0.15) is 0 Å². The Labute approximate surface area is 71.4 Å². The first-order chi connectivity index (χ1) is 4.23. The van der Waals surface area contributed by atoms with Crippen molar-refractivity contribution in [2.45, 2.75) is 22.2 Å². The summed E-state index contributed by atoms with van der Waals surface area (Å²) >= 11 is 7.14. The largest absolute Gasteiger partial charge is 0.375 e. The molecule has 1 saturated heterocycles. The molecule has 0 bridgehead atoms. The van der Waals surface area contributed by atoms with Crippen LogP contribution in [0.3, 0.4) is 0 Å². The Morgan fingerprint density at radius 2 is 2.22 bits per heavy atom. The maximum atomic E-state index is 5.47. The number of rotatable bonds is 0. The lowest BCUT2D eigenvalue weighted by Gasteiger charge is -2.06. The zero-order valence-corrected chi connectivity index (χ0v) is 8.11. The van der Waals surface area contributed by atoms with Gasteiger partial charge in [-0.3, -0.25) is 0 Å². The van der Waals surface area contributed by atoms with Crippen LogP contribution < -0.4 is 0 Å². The van der Waals surface area contributed by atoms with Gasteiger partial charge in [0.25, 0.3) is 0 Å². The van der Waals surface area contributed by atoms with E-state index in [0.29, 0.717) is 6.10 Å². The summed E-state index contributed by atoms with van der Waals surface area (Å²) in [6, 6.07) is 0. The molecule has 9 heavy (non-hydrogen) atoms. The van der Waals surface area contributed by atoms with Crippen LogP contribution in [0.15, 0.2) is 0 Å². The zero-order valence-electron chi connectivity index (χ0n) is 4.94. The first-order valence-electron chi connectivity index (χ1n) is 3.22. The lowest BCUT2D eigenvalue weighted by molar-refractivity contribution is 0.0798. The van der Waals surface area contributed by atoms with Crippen LogP contribution in [-0.2, 0) is 4.74 Å². The minimum absolute atomic E-state index is 0.149. The van der Waals surface area contributed by atoms with Crippen molar-refractivity contribution in [3.8, 4) is 0 Å². The molecule has 0 radical (unpaired) electrons. The Morgan fingerprint density at radius 3 is 2.67 bits per heavy atom. The second kappa shape index (κ2) is 1.95. The van der Waals surface area contributed by atoms with Crippen molar-refractivity contribution in [3.05, 3.63) is 0 Å². The Morgan fingerprint density at radius 1 is 1.44 bits per heavy atom. The third kappa shape index (κ3) is 0.889. The Bertz CT molecular complexity index is 121. The molecule has 1 saturated carbocycles. The number of alkyl halides is 2. The van der Waals surface area contributed by atoms with Crippen molar-refractivity contribution >= 4 is 31.9 Å². The van der Waals surface area contributed by atoms with Gasteiger partial charge in [0, 0.05) is 12.5 Å². The third-order valence-corrected chi connectivity index (χ3v) is 4.17. The van der Waals surface area contributed by atoms with Crippen LogP contribution in [0.1, 0.15) is 12.8 Å². The van der Waals surface area contributed by atoms with Crippen molar-refractivity contribution in [1.82, 2.24) is 0 Å². The molecule has 1 nitrogen and oxygen atoms in total. The Hall–Kier alpha value is 0.920. The number of ether oxygens (including phenoxy) is 1. The summed E-state index contributed by atoms with van der Waals surface area (Å²) in [7, 11) is 0. The van der Waals surface area contributed by atoms with Gasteiger partial charge in [0.2, 0.25) is 0 Å². The van der Waals surface area contributed by atoms with Gasteiger partial charge in [0.15, 0.2) is 0 Å². The predicted molar refractivity (Wildman–Crippen MR) is 43.0 cm³/mol. The fourth-order valence-corrected chi connectivity index (χ4v) is 3.02. The predicted octanol–water partition coefficient (Wildman–Crippen LogP) is 2.28. The number of fused-ring (bicyclic) bond motifs is 1. The minimum atomic E-state index is 0.149. The summed E-state index contributed by atoms with van der Waals surface area (Å²) in [6.07, 6.45) is 2.98. The Kier molecular flexibility index (Phi) is 1.44. The van der Waals surface area contributed by atoms with Crippen LogP contribution in [0.4, 0.5) is 0 Å². The monoisotopic (exact) mass is 254 g/mol. The maximum absolute atomic E-state index is 5.47. The van der Waals surface area contributed by atoms with E-state index < -0.39 is 0 Å². The molecule has 0 aromatic carbocycles. The van der Waals surface area contributed by atoms with Gasteiger partial charge >= 0.3 is 0 Å². The van der Waals surface area contributed by atoms with Crippen molar-refractivity contribution in [2.75, 3.05) is 6.61 Å². The van der Waals surface area contributed by atoms with E-state index in [9.17, 15) is 0 Å². The van der Waals surface area contributed by atoms with E-state index in [2.05, 4.69) is 31.9 Å². The second-order valence-corrected chi connectivity index (χ2v) is 6.40. The third-order valence-electron chi connectivity index (χ3n) is 2.09. The van der Waals surface area contributed by atoms with Crippen LogP contribution in [0, 0.1) is 5.92 Å². The van der Waals surface area contributed by atoms with Gasteiger partial charge in [-0.25, -0.2) is 0 Å². The molecule has 3 heteroatoms. The molecule has 1 aliphatic heterocycles. The van der Waals surface area contributed by atoms with Crippen LogP contribution in [-0.4, -0.2) is 15.9 Å². The van der Waals surface area contributed by atoms with E-state index in [1.807, 2.05) is 0 Å². The van der Waals surface area contributed by atoms with Gasteiger partial charge in [0.05, 0.1) is 6.10 Å². The molecule has 1 heterocycles. The fourth-order valence-electron chi connectivity index (χ4n) is 1.44. The second-order valence-electron chi connectivity index (χ2n) is 2.71. The molecule has 0 spiro atoms.